The molecule has 2 atom stereocenters. The van der Waals surface area contributed by atoms with Crippen LogP contribution in [0.15, 0.2) is 54.6 Å². The molecule has 0 aliphatic carbocycles. The number of hydrogen-bond donors (Lipinski definition) is 2. The normalized spacial score (nSPS) is 13.2. The molecule has 5 heteroatoms. The molecule has 116 valence electrons. The Morgan fingerprint density at radius 2 is 1.82 bits per heavy atom. The maximum atomic E-state index is 11.3. The van der Waals surface area contributed by atoms with E-state index in [-0.39, 0.29) is 0 Å². The number of carbonyl (C=O) groups excluding carboxylic acids is 1. The summed E-state index contributed by atoms with van der Waals surface area (Å²) in [5.74, 6) is -0.347. The highest BCUT2D eigenvalue weighted by atomic mass is 16.5. The van der Waals surface area contributed by atoms with Crippen LogP contribution in [0.4, 0.5) is 0 Å². The molecule has 2 aromatic carbocycles. The Labute approximate surface area is 128 Å². The van der Waals surface area contributed by atoms with E-state index in [1.165, 1.54) is 0 Å². The molecule has 2 aromatic rings. The number of aliphatic hydroxyl groups excluding tert-OH is 2. The Morgan fingerprint density at radius 1 is 1.09 bits per heavy atom. The molecule has 0 spiro atoms. The van der Waals surface area contributed by atoms with Crippen LogP contribution in [0.25, 0.3) is 0 Å². The van der Waals surface area contributed by atoms with Crippen LogP contribution < -0.4 is 4.74 Å². The molecule has 0 amide bonds. The Balaban J connectivity index is 2.05. The highest BCUT2D eigenvalue weighted by Crippen LogP contribution is 2.23. The van der Waals surface area contributed by atoms with Gasteiger partial charge in [0.25, 0.3) is 0 Å². The summed E-state index contributed by atoms with van der Waals surface area (Å²) < 4.78 is 10.1. The number of hydrogen-bond acceptors (Lipinski definition) is 5. The van der Waals surface area contributed by atoms with E-state index in [1.807, 2.05) is 30.3 Å². The lowest BCUT2D eigenvalue weighted by atomic mass is 10.0. The second kappa shape index (κ2) is 7.59. The summed E-state index contributed by atoms with van der Waals surface area (Å²) in [4.78, 5) is 11.3. The highest BCUT2D eigenvalue weighted by molar-refractivity contribution is 5.75. The number of methoxy groups -OCH3 is 1. The van der Waals surface area contributed by atoms with E-state index in [4.69, 9.17) is 4.74 Å². The highest BCUT2D eigenvalue weighted by Gasteiger charge is 2.26. The van der Waals surface area contributed by atoms with Crippen molar-refractivity contribution < 1.29 is 24.5 Å². The second-order valence-corrected chi connectivity index (χ2v) is 4.76. The molecule has 0 aliphatic heterocycles. The molecule has 0 saturated carbocycles. The van der Waals surface area contributed by atoms with Gasteiger partial charge in [-0.25, -0.2) is 4.79 Å². The molecule has 2 unspecified atom stereocenters. The summed E-state index contributed by atoms with van der Waals surface area (Å²) in [5.41, 5.74) is 1.39. The van der Waals surface area contributed by atoms with E-state index in [1.54, 1.807) is 24.3 Å². The minimum atomic E-state index is -1.63. The molecular weight excluding hydrogens is 284 g/mol. The molecule has 5 nitrogen and oxygen atoms in total. The van der Waals surface area contributed by atoms with Gasteiger partial charge in [-0.1, -0.05) is 42.5 Å². The first-order chi connectivity index (χ1) is 10.6. The maximum absolute atomic E-state index is 11.3. The molecule has 0 heterocycles. The molecular formula is C17H18O5. The summed E-state index contributed by atoms with van der Waals surface area (Å²) in [7, 11) is 1.15. The standard InChI is InChI=1S/C17H18O5/c1-21-17(20)16(19)15(18)13-8-5-9-14(10-13)22-11-12-6-3-2-4-7-12/h2-10,15-16,18-19H,11H2,1H3. The molecule has 0 fully saturated rings. The third kappa shape index (κ3) is 4.07. The van der Waals surface area contributed by atoms with Gasteiger partial charge in [0.1, 0.15) is 18.5 Å². The van der Waals surface area contributed by atoms with Crippen molar-refractivity contribution in [3.63, 3.8) is 0 Å². The topological polar surface area (TPSA) is 76.0 Å². The molecule has 0 radical (unpaired) electrons. The molecule has 2 rings (SSSR count). The van der Waals surface area contributed by atoms with Crippen molar-refractivity contribution in [1.29, 1.82) is 0 Å². The van der Waals surface area contributed by atoms with Gasteiger partial charge in [-0.15, -0.1) is 0 Å². The average molecular weight is 302 g/mol. The first kappa shape index (κ1) is 16.0. The molecule has 22 heavy (non-hydrogen) atoms. The van der Waals surface area contributed by atoms with Crippen molar-refractivity contribution in [3.8, 4) is 5.75 Å². The van der Waals surface area contributed by atoms with Crippen LogP contribution in [-0.2, 0) is 16.1 Å². The second-order valence-electron chi connectivity index (χ2n) is 4.76. The van der Waals surface area contributed by atoms with E-state index in [0.29, 0.717) is 17.9 Å². The SMILES string of the molecule is COC(=O)C(O)C(O)c1cccc(OCc2ccccc2)c1. The predicted octanol–water partition coefficient (Wildman–Crippen LogP) is 1.83. The zero-order valence-electron chi connectivity index (χ0n) is 12.2. The van der Waals surface area contributed by atoms with Crippen molar-refractivity contribution >= 4 is 5.97 Å². The van der Waals surface area contributed by atoms with Crippen molar-refractivity contribution in [2.75, 3.05) is 7.11 Å². The lowest BCUT2D eigenvalue weighted by molar-refractivity contribution is -0.156. The maximum Gasteiger partial charge on any atom is 0.337 e. The number of rotatable bonds is 6. The van der Waals surface area contributed by atoms with E-state index in [2.05, 4.69) is 4.74 Å². The van der Waals surface area contributed by atoms with Crippen LogP contribution >= 0.6 is 0 Å². The van der Waals surface area contributed by atoms with E-state index >= 15 is 0 Å². The third-order valence-corrected chi connectivity index (χ3v) is 3.19. The summed E-state index contributed by atoms with van der Waals surface area (Å²) in [6, 6.07) is 16.3. The van der Waals surface area contributed by atoms with Crippen molar-refractivity contribution in [2.45, 2.75) is 18.8 Å². The lowest BCUT2D eigenvalue weighted by Crippen LogP contribution is -2.29. The van der Waals surface area contributed by atoms with Gasteiger partial charge in [0, 0.05) is 0 Å². The summed E-state index contributed by atoms with van der Waals surface area (Å²) in [6.45, 7) is 0.389. The van der Waals surface area contributed by atoms with Crippen LogP contribution in [0.5, 0.6) is 5.75 Å². The molecule has 0 aliphatic rings. The van der Waals surface area contributed by atoms with Crippen molar-refractivity contribution in [3.05, 3.63) is 65.7 Å². The Bertz CT molecular complexity index is 611. The first-order valence-corrected chi connectivity index (χ1v) is 6.82. The largest absolute Gasteiger partial charge is 0.489 e. The Kier molecular flexibility index (Phi) is 5.52. The first-order valence-electron chi connectivity index (χ1n) is 6.82. The minimum Gasteiger partial charge on any atom is -0.489 e. The Hall–Kier alpha value is -2.37. The van der Waals surface area contributed by atoms with Crippen LogP contribution in [0.3, 0.4) is 0 Å². The number of carbonyl (C=O) groups is 1. The summed E-state index contributed by atoms with van der Waals surface area (Å²) in [5, 5.41) is 19.7. The third-order valence-electron chi connectivity index (χ3n) is 3.19. The fourth-order valence-corrected chi connectivity index (χ4v) is 1.96. The van der Waals surface area contributed by atoms with Crippen LogP contribution in [-0.4, -0.2) is 29.4 Å². The zero-order chi connectivity index (χ0) is 15.9. The fraction of sp³-hybridized carbons (Fsp3) is 0.235. The fourth-order valence-electron chi connectivity index (χ4n) is 1.96. The monoisotopic (exact) mass is 302 g/mol. The van der Waals surface area contributed by atoms with Crippen LogP contribution in [0.2, 0.25) is 0 Å². The summed E-state index contributed by atoms with van der Waals surface area (Å²) in [6.07, 6.45) is -3.00. The smallest absolute Gasteiger partial charge is 0.337 e. The van der Waals surface area contributed by atoms with Gasteiger partial charge in [-0.05, 0) is 23.3 Å². The van der Waals surface area contributed by atoms with Gasteiger partial charge in [-0.2, -0.15) is 0 Å². The Morgan fingerprint density at radius 3 is 2.50 bits per heavy atom. The number of aliphatic hydroxyl groups is 2. The van der Waals surface area contributed by atoms with Crippen molar-refractivity contribution in [2.24, 2.45) is 0 Å². The van der Waals surface area contributed by atoms with E-state index in [9.17, 15) is 15.0 Å². The quantitative estimate of drug-likeness (QED) is 0.796. The number of benzene rings is 2. The summed E-state index contributed by atoms with van der Waals surface area (Å²) >= 11 is 0. The zero-order valence-corrected chi connectivity index (χ0v) is 12.2. The molecule has 0 aromatic heterocycles. The van der Waals surface area contributed by atoms with Crippen LogP contribution in [0.1, 0.15) is 17.2 Å². The van der Waals surface area contributed by atoms with E-state index in [0.717, 1.165) is 12.7 Å². The van der Waals surface area contributed by atoms with Gasteiger partial charge < -0.3 is 19.7 Å². The molecule has 0 bridgehead atoms. The van der Waals surface area contributed by atoms with Gasteiger partial charge in [0.05, 0.1) is 7.11 Å². The minimum absolute atomic E-state index is 0.378. The van der Waals surface area contributed by atoms with Crippen LogP contribution in [0, 0.1) is 0 Å². The molecule has 2 N–H and O–H groups in total. The van der Waals surface area contributed by atoms with Gasteiger partial charge >= 0.3 is 5.97 Å². The van der Waals surface area contributed by atoms with Gasteiger partial charge in [0.15, 0.2) is 6.10 Å². The van der Waals surface area contributed by atoms with E-state index < -0.39 is 18.2 Å². The van der Waals surface area contributed by atoms with Gasteiger partial charge in [-0.3, -0.25) is 0 Å². The average Bonchev–Trinajstić information content (AvgIpc) is 2.59. The molecule has 0 saturated heterocycles. The predicted molar refractivity (Wildman–Crippen MR) is 80.2 cm³/mol. The number of ether oxygens (including phenoxy) is 2. The lowest BCUT2D eigenvalue weighted by Gasteiger charge is -2.17. The van der Waals surface area contributed by atoms with Crippen molar-refractivity contribution in [1.82, 2.24) is 0 Å². The number of esters is 1. The van der Waals surface area contributed by atoms with Gasteiger partial charge in [0.2, 0.25) is 0 Å².